The summed E-state index contributed by atoms with van der Waals surface area (Å²) in [6.07, 6.45) is 1.71. The molecule has 2 heterocycles. The monoisotopic (exact) mass is 366 g/mol. The van der Waals surface area contributed by atoms with Gasteiger partial charge in [-0.25, -0.2) is 0 Å². The maximum absolute atomic E-state index is 12.9. The van der Waals surface area contributed by atoms with Gasteiger partial charge in [0, 0.05) is 50.3 Å². The Morgan fingerprint density at radius 2 is 1.89 bits per heavy atom. The highest BCUT2D eigenvalue weighted by Gasteiger charge is 2.24. The highest BCUT2D eigenvalue weighted by atomic mass is 16.2. The van der Waals surface area contributed by atoms with Crippen molar-refractivity contribution in [1.29, 1.82) is 0 Å². The molecule has 5 heteroatoms. The van der Waals surface area contributed by atoms with Crippen LogP contribution >= 0.6 is 0 Å². The van der Waals surface area contributed by atoms with Crippen molar-refractivity contribution in [3.8, 4) is 0 Å². The number of benzene rings is 1. The van der Waals surface area contributed by atoms with E-state index < -0.39 is 0 Å². The summed E-state index contributed by atoms with van der Waals surface area (Å²) in [5.74, 6) is 0.569. The molecule has 0 atom stereocenters. The number of amides is 1. The lowest BCUT2D eigenvalue weighted by atomic mass is 10.1. The number of hydrogen-bond acceptors (Lipinski definition) is 4. The molecule has 5 nitrogen and oxygen atoms in total. The highest BCUT2D eigenvalue weighted by Crippen LogP contribution is 2.24. The number of piperazine rings is 1. The lowest BCUT2D eigenvalue weighted by Crippen LogP contribution is -2.49. The molecule has 0 bridgehead atoms. The summed E-state index contributed by atoms with van der Waals surface area (Å²) in [4.78, 5) is 21.5. The Morgan fingerprint density at radius 3 is 2.59 bits per heavy atom. The smallest absolute Gasteiger partial charge is 0.272 e. The quantitative estimate of drug-likeness (QED) is 0.876. The Hall–Kier alpha value is -2.56. The van der Waals surface area contributed by atoms with Crippen LogP contribution in [0.3, 0.4) is 0 Å². The van der Waals surface area contributed by atoms with E-state index in [9.17, 15) is 4.79 Å². The predicted octanol–water partition coefficient (Wildman–Crippen LogP) is 3.73. The average molecular weight is 367 g/mol. The molecule has 0 saturated carbocycles. The Bertz CT molecular complexity index is 795. The Kier molecular flexibility index (Phi) is 5.99. The van der Waals surface area contributed by atoms with Gasteiger partial charge in [-0.05, 0) is 49.1 Å². The van der Waals surface area contributed by atoms with E-state index >= 15 is 0 Å². The molecule has 2 aromatic rings. The number of rotatable bonds is 5. The summed E-state index contributed by atoms with van der Waals surface area (Å²) < 4.78 is 0. The molecule has 0 aliphatic carbocycles. The lowest BCUT2D eigenvalue weighted by Gasteiger charge is -2.37. The number of aryl methyl sites for hydroxylation is 1. The second-order valence-corrected chi connectivity index (χ2v) is 7.70. The minimum atomic E-state index is 0.0174. The summed E-state index contributed by atoms with van der Waals surface area (Å²) in [6, 6.07) is 10.2. The van der Waals surface area contributed by atoms with Gasteiger partial charge in [-0.2, -0.15) is 0 Å². The number of nitrogens with zero attached hydrogens (tertiary/aromatic N) is 3. The molecule has 0 spiro atoms. The SMILES string of the molecule is Cc1cccc(N2CCN(C(=O)c3cc(NCC(C)C)ccn3)CC2)c1C. The van der Waals surface area contributed by atoms with Gasteiger partial charge >= 0.3 is 0 Å². The van der Waals surface area contributed by atoms with Crippen LogP contribution in [0.4, 0.5) is 11.4 Å². The van der Waals surface area contributed by atoms with E-state index in [-0.39, 0.29) is 5.91 Å². The van der Waals surface area contributed by atoms with Crippen molar-refractivity contribution in [2.24, 2.45) is 5.92 Å². The first-order valence-corrected chi connectivity index (χ1v) is 9.76. The molecule has 1 fully saturated rings. The van der Waals surface area contributed by atoms with Crippen molar-refractivity contribution in [3.63, 3.8) is 0 Å². The molecular weight excluding hydrogens is 336 g/mol. The summed E-state index contributed by atoms with van der Waals surface area (Å²) in [6.45, 7) is 12.7. The van der Waals surface area contributed by atoms with Gasteiger partial charge in [0.2, 0.25) is 0 Å². The number of anilines is 2. The van der Waals surface area contributed by atoms with Gasteiger partial charge in [0.1, 0.15) is 5.69 Å². The van der Waals surface area contributed by atoms with E-state index in [0.717, 1.165) is 38.4 Å². The first-order valence-electron chi connectivity index (χ1n) is 9.76. The van der Waals surface area contributed by atoms with Crippen LogP contribution in [0.2, 0.25) is 0 Å². The van der Waals surface area contributed by atoms with Gasteiger partial charge in [-0.15, -0.1) is 0 Å². The van der Waals surface area contributed by atoms with Crippen LogP contribution in [0.25, 0.3) is 0 Å². The van der Waals surface area contributed by atoms with Gasteiger partial charge in [0.25, 0.3) is 5.91 Å². The zero-order chi connectivity index (χ0) is 19.4. The maximum Gasteiger partial charge on any atom is 0.272 e. The van der Waals surface area contributed by atoms with E-state index in [1.54, 1.807) is 6.20 Å². The lowest BCUT2D eigenvalue weighted by molar-refractivity contribution is 0.0741. The zero-order valence-electron chi connectivity index (χ0n) is 16.8. The van der Waals surface area contributed by atoms with Crippen LogP contribution in [0, 0.1) is 19.8 Å². The minimum absolute atomic E-state index is 0.0174. The number of carbonyl (C=O) groups excluding carboxylic acids is 1. The normalized spacial score (nSPS) is 14.6. The molecule has 1 amide bonds. The van der Waals surface area contributed by atoms with Gasteiger partial charge in [0.05, 0.1) is 0 Å². The van der Waals surface area contributed by atoms with E-state index in [1.165, 1.54) is 16.8 Å². The van der Waals surface area contributed by atoms with Gasteiger partial charge in [-0.3, -0.25) is 9.78 Å². The number of nitrogens with one attached hydrogen (secondary N) is 1. The zero-order valence-corrected chi connectivity index (χ0v) is 16.8. The van der Waals surface area contributed by atoms with E-state index in [2.05, 4.69) is 61.1 Å². The van der Waals surface area contributed by atoms with Gasteiger partial charge < -0.3 is 15.1 Å². The van der Waals surface area contributed by atoms with E-state index in [0.29, 0.717) is 11.6 Å². The number of aromatic nitrogens is 1. The fraction of sp³-hybridized carbons (Fsp3) is 0.455. The highest BCUT2D eigenvalue weighted by molar-refractivity contribution is 5.93. The van der Waals surface area contributed by atoms with Crippen LogP contribution in [0.15, 0.2) is 36.5 Å². The van der Waals surface area contributed by atoms with Crippen molar-refractivity contribution >= 4 is 17.3 Å². The Balaban J connectivity index is 1.63. The third kappa shape index (κ3) is 4.59. The third-order valence-corrected chi connectivity index (χ3v) is 5.18. The molecule has 27 heavy (non-hydrogen) atoms. The molecule has 0 radical (unpaired) electrons. The summed E-state index contributed by atoms with van der Waals surface area (Å²) in [7, 11) is 0. The van der Waals surface area contributed by atoms with Crippen LogP contribution in [0.5, 0.6) is 0 Å². The molecule has 1 aliphatic heterocycles. The average Bonchev–Trinajstić information content (AvgIpc) is 2.68. The van der Waals surface area contributed by atoms with Crippen molar-refractivity contribution < 1.29 is 4.79 Å². The van der Waals surface area contributed by atoms with Crippen molar-refractivity contribution in [2.45, 2.75) is 27.7 Å². The topological polar surface area (TPSA) is 48.5 Å². The van der Waals surface area contributed by atoms with Crippen LogP contribution in [0.1, 0.15) is 35.5 Å². The minimum Gasteiger partial charge on any atom is -0.385 e. The van der Waals surface area contributed by atoms with Crippen LogP contribution in [-0.2, 0) is 0 Å². The van der Waals surface area contributed by atoms with Crippen LogP contribution < -0.4 is 10.2 Å². The predicted molar refractivity (Wildman–Crippen MR) is 112 cm³/mol. The first-order chi connectivity index (χ1) is 13.0. The summed E-state index contributed by atoms with van der Waals surface area (Å²) in [5.41, 5.74) is 5.38. The molecule has 1 saturated heterocycles. The maximum atomic E-state index is 12.9. The molecule has 1 N–H and O–H groups in total. The largest absolute Gasteiger partial charge is 0.385 e. The van der Waals surface area contributed by atoms with Gasteiger partial charge in [-0.1, -0.05) is 26.0 Å². The van der Waals surface area contributed by atoms with E-state index in [4.69, 9.17) is 0 Å². The fourth-order valence-electron chi connectivity index (χ4n) is 3.37. The second-order valence-electron chi connectivity index (χ2n) is 7.70. The molecular formula is C22H30N4O. The number of carbonyl (C=O) groups is 1. The van der Waals surface area contributed by atoms with Crippen LogP contribution in [-0.4, -0.2) is 48.5 Å². The molecule has 3 rings (SSSR count). The fourth-order valence-corrected chi connectivity index (χ4v) is 3.37. The van der Waals surface area contributed by atoms with Crippen molar-refractivity contribution in [1.82, 2.24) is 9.88 Å². The third-order valence-electron chi connectivity index (χ3n) is 5.18. The summed E-state index contributed by atoms with van der Waals surface area (Å²) >= 11 is 0. The van der Waals surface area contributed by atoms with Gasteiger partial charge in [0.15, 0.2) is 0 Å². The second kappa shape index (κ2) is 8.42. The standard InChI is InChI=1S/C22H30N4O/c1-16(2)15-24-19-8-9-23-20(14-19)22(27)26-12-10-25(11-13-26)21-7-5-6-17(3)18(21)4/h5-9,14,16H,10-13,15H2,1-4H3,(H,23,24). The number of hydrogen-bond donors (Lipinski definition) is 1. The van der Waals surface area contributed by atoms with Crippen molar-refractivity contribution in [3.05, 3.63) is 53.3 Å². The molecule has 1 aromatic heterocycles. The van der Waals surface area contributed by atoms with E-state index in [1.807, 2.05) is 17.0 Å². The molecule has 1 aromatic carbocycles. The van der Waals surface area contributed by atoms with Crippen molar-refractivity contribution in [2.75, 3.05) is 42.9 Å². The number of pyridine rings is 1. The first kappa shape index (κ1) is 19.2. The molecule has 144 valence electrons. The summed E-state index contributed by atoms with van der Waals surface area (Å²) in [5, 5.41) is 3.36. The molecule has 1 aliphatic rings. The Labute approximate surface area is 162 Å². The Morgan fingerprint density at radius 1 is 1.15 bits per heavy atom. The molecule has 0 unspecified atom stereocenters.